The zero-order chi connectivity index (χ0) is 26.5. The van der Waals surface area contributed by atoms with Crippen molar-refractivity contribution in [3.05, 3.63) is 68.6 Å². The van der Waals surface area contributed by atoms with E-state index in [9.17, 15) is 27.6 Å². The number of sulfonamides is 1. The molecule has 192 valence electrons. The lowest BCUT2D eigenvalue weighted by atomic mass is 9.83. The number of anilines is 1. The van der Waals surface area contributed by atoms with E-state index in [1.54, 1.807) is 24.3 Å². The van der Waals surface area contributed by atoms with E-state index in [1.165, 1.54) is 35.9 Å². The molecule has 37 heavy (non-hydrogen) atoms. The molecule has 3 amide bonds. The summed E-state index contributed by atoms with van der Waals surface area (Å²) < 4.78 is 29.4. The van der Waals surface area contributed by atoms with Gasteiger partial charge in [0.25, 0.3) is 0 Å². The predicted molar refractivity (Wildman–Crippen MR) is 136 cm³/mol. The molecular weight excluding hydrogens is 540 g/mol. The number of carbonyl (C=O) groups is 3. The maximum atomic E-state index is 13.0. The molecule has 1 saturated heterocycles. The van der Waals surface area contributed by atoms with Crippen LogP contribution in [0.25, 0.3) is 0 Å². The number of rotatable bonds is 6. The third-order valence-corrected chi connectivity index (χ3v) is 9.68. The zero-order valence-corrected chi connectivity index (χ0v) is 21.6. The Balaban J connectivity index is 1.47. The van der Waals surface area contributed by atoms with Crippen molar-refractivity contribution in [2.75, 3.05) is 12.4 Å². The van der Waals surface area contributed by atoms with Crippen LogP contribution < -0.4 is 25.4 Å². The number of primary sulfonamides is 1. The molecule has 2 aliphatic rings. The zero-order valence-electron chi connectivity index (χ0n) is 19.2. The van der Waals surface area contributed by atoms with Crippen molar-refractivity contribution in [1.29, 1.82) is 0 Å². The van der Waals surface area contributed by atoms with Crippen LogP contribution in [0.3, 0.4) is 0 Å². The smallest absolute Gasteiger partial charge is 0.308 e. The number of hydrogen-bond donors (Lipinski definition) is 3. The predicted octanol–water partition coefficient (Wildman–Crippen LogP) is 1.08. The molecule has 0 spiro atoms. The summed E-state index contributed by atoms with van der Waals surface area (Å²) in [5.74, 6) is -1.99. The fraction of sp³-hybridized carbons (Fsp3) is 0.217. The molecule has 2 aromatic carbocycles. The van der Waals surface area contributed by atoms with Gasteiger partial charge in [0.2, 0.25) is 27.7 Å². The number of ether oxygens (including phenoxy) is 1. The Morgan fingerprint density at radius 1 is 1.08 bits per heavy atom. The SMILES string of the molecule is COc1ccc([C@@H]2c3sc(=O)n(CC(=O)Nc4ccc(S(N)(=O)=O)cc4)c3SC3C(=O)NC(=O)C32)cc1. The van der Waals surface area contributed by atoms with Crippen LogP contribution in [0.15, 0.2) is 63.2 Å². The summed E-state index contributed by atoms with van der Waals surface area (Å²) in [7, 11) is -2.34. The molecule has 2 unspecified atom stereocenters. The van der Waals surface area contributed by atoms with Crippen LogP contribution in [0, 0.1) is 5.92 Å². The van der Waals surface area contributed by atoms with Crippen LogP contribution in [-0.2, 0) is 31.0 Å². The third-order valence-electron chi connectivity index (χ3n) is 6.13. The number of aromatic nitrogens is 1. The van der Waals surface area contributed by atoms with E-state index in [0.717, 1.165) is 28.7 Å². The summed E-state index contributed by atoms with van der Waals surface area (Å²) >= 11 is 2.04. The maximum Gasteiger partial charge on any atom is 0.308 e. The van der Waals surface area contributed by atoms with Gasteiger partial charge in [-0.05, 0) is 42.0 Å². The van der Waals surface area contributed by atoms with E-state index in [1.807, 2.05) is 0 Å². The minimum absolute atomic E-state index is 0.103. The molecule has 0 radical (unpaired) electrons. The van der Waals surface area contributed by atoms with Gasteiger partial charge in [-0.25, -0.2) is 13.6 Å². The van der Waals surface area contributed by atoms with Gasteiger partial charge in [0.15, 0.2) is 0 Å². The summed E-state index contributed by atoms with van der Waals surface area (Å²) in [6.07, 6.45) is 0. The van der Waals surface area contributed by atoms with Gasteiger partial charge in [-0.3, -0.25) is 29.1 Å². The second kappa shape index (κ2) is 9.45. The topological polar surface area (TPSA) is 167 Å². The van der Waals surface area contributed by atoms with Crippen LogP contribution in [0.4, 0.5) is 5.69 Å². The van der Waals surface area contributed by atoms with Gasteiger partial charge in [0.05, 0.1) is 22.9 Å². The van der Waals surface area contributed by atoms with E-state index in [4.69, 9.17) is 9.88 Å². The lowest BCUT2D eigenvalue weighted by Gasteiger charge is -2.30. The lowest BCUT2D eigenvalue weighted by Crippen LogP contribution is -2.32. The molecule has 5 rings (SSSR count). The Labute approximate surface area is 219 Å². The average Bonchev–Trinajstić information content (AvgIpc) is 3.32. The Kier molecular flexibility index (Phi) is 6.43. The molecule has 11 nitrogen and oxygen atoms in total. The molecular formula is C23H20N4O7S3. The van der Waals surface area contributed by atoms with Crippen molar-refractivity contribution >= 4 is 56.5 Å². The van der Waals surface area contributed by atoms with Crippen molar-refractivity contribution in [1.82, 2.24) is 9.88 Å². The third kappa shape index (κ3) is 4.68. The summed E-state index contributed by atoms with van der Waals surface area (Å²) in [5.41, 5.74) is 1.06. The fourth-order valence-corrected chi connectivity index (χ4v) is 7.67. The Bertz CT molecular complexity index is 1580. The number of benzene rings is 2. The molecule has 3 atom stereocenters. The molecule has 14 heteroatoms. The molecule has 3 heterocycles. The molecule has 4 N–H and O–H groups in total. The monoisotopic (exact) mass is 560 g/mol. The standard InChI is InChI=1S/C23H20N4O7S3/c1-34-13-6-2-11(3-7-13)16-17-18(21(30)26-20(17)29)35-22-19(16)36-23(31)27(22)10-15(28)25-12-4-8-14(9-5-12)37(24,32)33/h2-9,16-18H,10H2,1H3,(H,25,28)(H2,24,32,33)(H,26,29,30)/t16-,17?,18?/m0/s1. The highest BCUT2D eigenvalue weighted by molar-refractivity contribution is 8.00. The van der Waals surface area contributed by atoms with Crippen LogP contribution in [-0.4, -0.2) is 43.1 Å². The van der Waals surface area contributed by atoms with Gasteiger partial charge in [-0.2, -0.15) is 0 Å². The molecule has 2 aliphatic heterocycles. The second-order valence-corrected chi connectivity index (χ2v) is 12.1. The number of nitrogens with zero attached hydrogens (tertiary/aromatic N) is 1. The van der Waals surface area contributed by atoms with Gasteiger partial charge in [-0.15, -0.1) is 0 Å². The van der Waals surface area contributed by atoms with Crippen molar-refractivity contribution in [3.8, 4) is 5.75 Å². The number of thiazole rings is 1. The van der Waals surface area contributed by atoms with Crippen LogP contribution in [0.5, 0.6) is 5.75 Å². The summed E-state index contributed by atoms with van der Waals surface area (Å²) in [6.45, 7) is -0.336. The van der Waals surface area contributed by atoms with Crippen LogP contribution in [0.1, 0.15) is 16.4 Å². The van der Waals surface area contributed by atoms with E-state index in [0.29, 0.717) is 21.3 Å². The van der Waals surface area contributed by atoms with E-state index >= 15 is 0 Å². The second-order valence-electron chi connectivity index (χ2n) is 8.41. The number of thioether (sulfide) groups is 1. The van der Waals surface area contributed by atoms with Crippen molar-refractivity contribution in [2.24, 2.45) is 11.1 Å². The fourth-order valence-electron chi connectivity index (χ4n) is 4.42. The Morgan fingerprint density at radius 3 is 2.38 bits per heavy atom. The van der Waals surface area contributed by atoms with Crippen LogP contribution in [0.2, 0.25) is 0 Å². The first-order valence-electron chi connectivity index (χ1n) is 10.9. The molecule has 3 aromatic rings. The van der Waals surface area contributed by atoms with Gasteiger partial charge >= 0.3 is 4.87 Å². The van der Waals surface area contributed by atoms with Gasteiger partial charge < -0.3 is 10.1 Å². The Morgan fingerprint density at radius 2 is 1.76 bits per heavy atom. The number of imide groups is 1. The van der Waals surface area contributed by atoms with E-state index < -0.39 is 49.7 Å². The van der Waals surface area contributed by atoms with E-state index in [-0.39, 0.29) is 11.4 Å². The van der Waals surface area contributed by atoms with Crippen molar-refractivity contribution < 1.29 is 27.5 Å². The maximum absolute atomic E-state index is 13.0. The molecule has 0 aliphatic carbocycles. The largest absolute Gasteiger partial charge is 0.497 e. The number of hydrogen-bond acceptors (Lipinski definition) is 9. The minimum atomic E-state index is -3.88. The lowest BCUT2D eigenvalue weighted by molar-refractivity contribution is -0.126. The normalized spacial score (nSPS) is 20.6. The minimum Gasteiger partial charge on any atom is -0.497 e. The highest BCUT2D eigenvalue weighted by Crippen LogP contribution is 2.51. The van der Waals surface area contributed by atoms with Crippen LogP contribution >= 0.6 is 23.1 Å². The summed E-state index contributed by atoms with van der Waals surface area (Å²) in [4.78, 5) is 51.2. The highest BCUT2D eigenvalue weighted by Gasteiger charge is 2.52. The first-order chi connectivity index (χ1) is 17.6. The van der Waals surface area contributed by atoms with Gasteiger partial charge in [0, 0.05) is 16.5 Å². The summed E-state index contributed by atoms with van der Waals surface area (Å²) in [5, 5.41) is 9.82. The van der Waals surface area contributed by atoms with Gasteiger partial charge in [-0.1, -0.05) is 35.2 Å². The number of fused-ring (bicyclic) bond motifs is 2. The summed E-state index contributed by atoms with van der Waals surface area (Å²) in [6, 6.07) is 12.4. The number of nitrogens with one attached hydrogen (secondary N) is 2. The number of amides is 3. The van der Waals surface area contributed by atoms with Crippen molar-refractivity contribution in [2.45, 2.75) is 27.6 Å². The van der Waals surface area contributed by atoms with Gasteiger partial charge in [0.1, 0.15) is 17.5 Å². The molecule has 0 bridgehead atoms. The number of methoxy groups -OCH3 is 1. The quantitative estimate of drug-likeness (QED) is 0.377. The molecule has 1 aromatic heterocycles. The average molecular weight is 561 g/mol. The highest BCUT2D eigenvalue weighted by atomic mass is 32.2. The molecule has 0 saturated carbocycles. The van der Waals surface area contributed by atoms with Crippen molar-refractivity contribution in [3.63, 3.8) is 0 Å². The first kappa shape index (κ1) is 25.2. The molecule has 1 fully saturated rings. The number of carbonyl (C=O) groups excluding carboxylic acids is 3. The number of nitrogens with two attached hydrogens (primary N) is 1. The van der Waals surface area contributed by atoms with E-state index in [2.05, 4.69) is 10.6 Å². The Hall–Kier alpha value is -3.46. The first-order valence-corrected chi connectivity index (χ1v) is 14.1.